The Morgan fingerprint density at radius 3 is 2.81 bits per heavy atom. The molecule has 16 heteroatoms. The molecule has 218 valence electrons. The van der Waals surface area contributed by atoms with E-state index in [9.17, 15) is 9.59 Å². The molecule has 1 aliphatic heterocycles. The Hall–Kier alpha value is -4.12. The molecule has 6 heterocycles. The number of anilines is 4. The average Bonchev–Trinajstić information content (AvgIpc) is 3.75. The Kier molecular flexibility index (Phi) is 6.97. The number of thiazole rings is 1. The van der Waals surface area contributed by atoms with Crippen molar-refractivity contribution in [1.82, 2.24) is 24.6 Å². The Morgan fingerprint density at radius 2 is 2.00 bits per heavy atom. The molecule has 0 unspecified atom stereocenters. The number of nitrogens with two attached hydrogens (primary N) is 2. The van der Waals surface area contributed by atoms with Gasteiger partial charge in [0.15, 0.2) is 22.9 Å². The van der Waals surface area contributed by atoms with Crippen molar-refractivity contribution in [3.63, 3.8) is 0 Å². The van der Waals surface area contributed by atoms with E-state index in [1.165, 1.54) is 39.6 Å². The molecule has 5 aromatic rings. The molecule has 2 fully saturated rings. The number of hydrogen-bond acceptors (Lipinski definition) is 14. The number of rotatable bonds is 7. The molecule has 6 N–H and O–H groups in total. The van der Waals surface area contributed by atoms with Gasteiger partial charge >= 0.3 is 0 Å². The molecule has 0 bridgehead atoms. The summed E-state index contributed by atoms with van der Waals surface area (Å²) in [6.45, 7) is 2.45. The van der Waals surface area contributed by atoms with Crippen LogP contribution in [-0.2, 0) is 4.74 Å². The second-order valence-corrected chi connectivity index (χ2v) is 12.1. The Bertz CT molecular complexity index is 1840. The second kappa shape index (κ2) is 10.9. The third-order valence-corrected chi connectivity index (χ3v) is 9.46. The molecule has 5 aromatic heterocycles. The standard InChI is InChI=1S/C26H28N10O4S2/c27-14-3-1-2-4-15(14)32-26-34-23(19(22(28)38)24-30-12-31-36(24)26)33-17-10-29-25(42-17)13-11-41-21-16(37)9-18(40-20(13)21)35-5-7-39-8-6-35/h9-12,14-15,33H,1-8,27H2,(H2,28,38)(H,32,34)/t14-,15+/m1/s1. The first kappa shape index (κ1) is 26.8. The highest BCUT2D eigenvalue weighted by molar-refractivity contribution is 7.20. The van der Waals surface area contributed by atoms with Gasteiger partial charge in [-0.15, -0.1) is 11.3 Å². The van der Waals surface area contributed by atoms with Crippen LogP contribution in [-0.4, -0.2) is 68.9 Å². The van der Waals surface area contributed by atoms with Crippen LogP contribution < -0.4 is 32.4 Å². The van der Waals surface area contributed by atoms with Crippen LogP contribution in [0, 0.1) is 0 Å². The first-order valence-electron chi connectivity index (χ1n) is 13.6. The topological polar surface area (TPSA) is 192 Å². The molecular formula is C26H28N10O4S2. The van der Waals surface area contributed by atoms with E-state index in [0.717, 1.165) is 25.7 Å². The summed E-state index contributed by atoms with van der Waals surface area (Å²) < 4.78 is 13.7. The zero-order valence-corrected chi connectivity index (χ0v) is 24.0. The zero-order chi connectivity index (χ0) is 28.8. The van der Waals surface area contributed by atoms with Gasteiger partial charge in [-0.3, -0.25) is 9.59 Å². The summed E-state index contributed by atoms with van der Waals surface area (Å²) in [7, 11) is 0. The lowest BCUT2D eigenvalue weighted by molar-refractivity contribution is 0.100. The number of ether oxygens (including phenoxy) is 1. The van der Waals surface area contributed by atoms with E-state index in [4.69, 9.17) is 25.6 Å². The van der Waals surface area contributed by atoms with Crippen molar-refractivity contribution < 1.29 is 13.9 Å². The van der Waals surface area contributed by atoms with E-state index in [-0.39, 0.29) is 34.5 Å². The first-order chi connectivity index (χ1) is 20.5. The maximum absolute atomic E-state index is 12.9. The summed E-state index contributed by atoms with van der Waals surface area (Å²) in [6, 6.07) is 1.51. The average molecular weight is 609 g/mol. The number of carbonyl (C=O) groups excluding carboxylic acids is 1. The van der Waals surface area contributed by atoms with Crippen molar-refractivity contribution in [1.29, 1.82) is 0 Å². The first-order valence-corrected chi connectivity index (χ1v) is 15.3. The van der Waals surface area contributed by atoms with Crippen LogP contribution in [0.5, 0.6) is 0 Å². The van der Waals surface area contributed by atoms with Crippen LogP contribution in [0.15, 0.2) is 33.2 Å². The zero-order valence-electron chi connectivity index (χ0n) is 22.4. The normalized spacial score (nSPS) is 19.4. The molecule has 0 aromatic carbocycles. The molecule has 1 amide bonds. The van der Waals surface area contributed by atoms with E-state index in [1.54, 1.807) is 6.20 Å². The molecule has 0 radical (unpaired) electrons. The lowest BCUT2D eigenvalue weighted by Crippen LogP contribution is -2.43. The molecule has 2 atom stereocenters. The van der Waals surface area contributed by atoms with E-state index in [0.29, 0.717) is 64.0 Å². The van der Waals surface area contributed by atoms with Crippen LogP contribution >= 0.6 is 22.7 Å². The Balaban J connectivity index is 1.23. The van der Waals surface area contributed by atoms with Crippen molar-refractivity contribution in [2.24, 2.45) is 11.5 Å². The predicted molar refractivity (Wildman–Crippen MR) is 161 cm³/mol. The molecule has 1 saturated heterocycles. The van der Waals surface area contributed by atoms with Crippen molar-refractivity contribution in [2.75, 3.05) is 41.8 Å². The van der Waals surface area contributed by atoms with Crippen LogP contribution in [0.1, 0.15) is 36.0 Å². The highest BCUT2D eigenvalue weighted by Crippen LogP contribution is 2.39. The summed E-state index contributed by atoms with van der Waals surface area (Å²) in [5, 5.41) is 14.0. The van der Waals surface area contributed by atoms with Gasteiger partial charge in [0.1, 0.15) is 26.6 Å². The summed E-state index contributed by atoms with van der Waals surface area (Å²) in [6.07, 6.45) is 6.95. The van der Waals surface area contributed by atoms with Gasteiger partial charge in [0, 0.05) is 36.6 Å². The summed E-state index contributed by atoms with van der Waals surface area (Å²) in [5.74, 6) is 0.444. The van der Waals surface area contributed by atoms with Crippen molar-refractivity contribution >= 4 is 67.2 Å². The lowest BCUT2D eigenvalue weighted by atomic mass is 9.91. The third kappa shape index (κ3) is 4.85. The monoisotopic (exact) mass is 608 g/mol. The Labute approximate surface area is 246 Å². The second-order valence-electron chi connectivity index (χ2n) is 10.2. The maximum atomic E-state index is 12.9. The van der Waals surface area contributed by atoms with Crippen molar-refractivity contribution in [2.45, 2.75) is 37.8 Å². The maximum Gasteiger partial charge on any atom is 0.256 e. The smallest absolute Gasteiger partial charge is 0.256 e. The number of primary amides is 1. The van der Waals surface area contributed by atoms with Gasteiger partial charge in [-0.25, -0.2) is 9.97 Å². The highest BCUT2D eigenvalue weighted by atomic mass is 32.1. The summed E-state index contributed by atoms with van der Waals surface area (Å²) in [5.41, 5.74) is 13.6. The van der Waals surface area contributed by atoms with Crippen LogP contribution in [0.2, 0.25) is 0 Å². The van der Waals surface area contributed by atoms with E-state index in [1.807, 2.05) is 10.3 Å². The van der Waals surface area contributed by atoms with Gasteiger partial charge in [-0.05, 0) is 12.8 Å². The fourth-order valence-corrected chi connectivity index (χ4v) is 7.18. The number of hydrogen-bond donors (Lipinski definition) is 4. The van der Waals surface area contributed by atoms with Crippen molar-refractivity contribution in [3.05, 3.63) is 39.8 Å². The number of aromatic nitrogens is 5. The van der Waals surface area contributed by atoms with E-state index in [2.05, 4.69) is 25.7 Å². The van der Waals surface area contributed by atoms with Gasteiger partial charge in [0.25, 0.3) is 5.91 Å². The molecule has 0 spiro atoms. The van der Waals surface area contributed by atoms with Crippen LogP contribution in [0.3, 0.4) is 0 Å². The van der Waals surface area contributed by atoms with Gasteiger partial charge in [-0.1, -0.05) is 24.2 Å². The minimum atomic E-state index is -0.699. The Morgan fingerprint density at radius 1 is 1.17 bits per heavy atom. The van der Waals surface area contributed by atoms with Crippen LogP contribution in [0.4, 0.5) is 22.7 Å². The third-order valence-electron chi connectivity index (χ3n) is 7.54. The molecule has 42 heavy (non-hydrogen) atoms. The summed E-state index contributed by atoms with van der Waals surface area (Å²) >= 11 is 2.65. The fourth-order valence-electron chi connectivity index (χ4n) is 5.39. The molecule has 1 aliphatic carbocycles. The predicted octanol–water partition coefficient (Wildman–Crippen LogP) is 2.78. The number of fused-ring (bicyclic) bond motifs is 2. The molecule has 1 saturated carbocycles. The SMILES string of the molecule is NC(=O)c1c(Nc2cnc(-c3csc4c(=O)cc(N5CCOCC5)oc34)s2)nc(N[C@H]2CCCC[C@H]2N)n2ncnc12. The van der Waals surface area contributed by atoms with Gasteiger partial charge < -0.3 is 36.2 Å². The fraction of sp³-hybridized carbons (Fsp3) is 0.385. The van der Waals surface area contributed by atoms with Gasteiger partial charge in [-0.2, -0.15) is 14.6 Å². The lowest BCUT2D eigenvalue weighted by Gasteiger charge is -2.29. The number of nitrogens with zero attached hydrogens (tertiary/aromatic N) is 6. The quantitative estimate of drug-likeness (QED) is 0.212. The van der Waals surface area contributed by atoms with Crippen LogP contribution in [0.25, 0.3) is 26.5 Å². The largest absolute Gasteiger partial charge is 0.439 e. The number of morpholine rings is 1. The van der Waals surface area contributed by atoms with Crippen molar-refractivity contribution in [3.8, 4) is 10.6 Å². The molecule has 14 nitrogen and oxygen atoms in total. The molecular weight excluding hydrogens is 580 g/mol. The minimum absolute atomic E-state index is 0.00446. The molecule has 2 aliphatic rings. The molecule has 7 rings (SSSR count). The number of amides is 1. The van der Waals surface area contributed by atoms with E-state index >= 15 is 0 Å². The number of thiophene rings is 1. The summed E-state index contributed by atoms with van der Waals surface area (Å²) in [4.78, 5) is 41.0. The minimum Gasteiger partial charge on any atom is -0.439 e. The van der Waals surface area contributed by atoms with Gasteiger partial charge in [0.05, 0.1) is 25.0 Å². The number of carbonyl (C=O) groups is 1. The van der Waals surface area contributed by atoms with Gasteiger partial charge in [0.2, 0.25) is 11.4 Å². The number of nitrogens with one attached hydrogen (secondary N) is 2. The highest BCUT2D eigenvalue weighted by Gasteiger charge is 2.27. The van der Waals surface area contributed by atoms with E-state index < -0.39 is 5.91 Å².